The highest BCUT2D eigenvalue weighted by Gasteiger charge is 2.29. The molecule has 0 aliphatic rings. The zero-order valence-corrected chi connectivity index (χ0v) is 26.0. The molecule has 6 aromatic carbocycles. The number of aromatic hydroxyl groups is 3. The third kappa shape index (κ3) is 4.63. The molecular formula is C41H32O7. The number of fused-ring (bicyclic) bond motifs is 5. The van der Waals surface area contributed by atoms with Gasteiger partial charge in [-0.05, 0) is 63.4 Å². The summed E-state index contributed by atoms with van der Waals surface area (Å²) in [6.07, 6.45) is 6.37. The summed E-state index contributed by atoms with van der Waals surface area (Å²) in [5, 5.41) is 70.9. The van der Waals surface area contributed by atoms with Crippen LogP contribution in [0.25, 0.3) is 72.3 Å². The molecule has 6 N–H and O–H groups in total. The Morgan fingerprint density at radius 2 is 1.31 bits per heavy atom. The Morgan fingerprint density at radius 1 is 0.708 bits per heavy atom. The number of phenols is 3. The summed E-state index contributed by atoms with van der Waals surface area (Å²) in [6, 6.07) is 27.4. The summed E-state index contributed by atoms with van der Waals surface area (Å²) >= 11 is 0. The Morgan fingerprint density at radius 3 is 1.92 bits per heavy atom. The quantitative estimate of drug-likeness (QED) is 0.0444. The Balaban J connectivity index is 1.45. The summed E-state index contributed by atoms with van der Waals surface area (Å²) < 4.78 is 6.16. The van der Waals surface area contributed by atoms with Gasteiger partial charge in [-0.25, -0.2) is 0 Å². The monoisotopic (exact) mass is 636 g/mol. The number of furan rings is 1. The highest BCUT2D eigenvalue weighted by molar-refractivity contribution is 6.17. The standard InChI is InChI=1S/C41H32O7/c1-3-32-30(34-24-12-5-4-11-23(24)19-20-33(34)48-32)18-10-17-25-26-13-6-8-15-28(26)35(29-16-9-7-14-27(25)29)37-39(45)31(21-42)36(38(44)22(2)43)40(46)41(37)47/h3-16,18-20,42-47H,1,17,21H2,2H3/b18-10-,38-22-. The molecule has 0 fully saturated rings. The number of hydrogen-bond acceptors (Lipinski definition) is 7. The van der Waals surface area contributed by atoms with E-state index in [1.165, 1.54) is 6.92 Å². The summed E-state index contributed by atoms with van der Waals surface area (Å²) in [5.41, 5.74) is 2.33. The predicted molar refractivity (Wildman–Crippen MR) is 192 cm³/mol. The van der Waals surface area contributed by atoms with Crippen molar-refractivity contribution in [3.8, 4) is 28.4 Å². The van der Waals surface area contributed by atoms with E-state index in [2.05, 4.69) is 30.9 Å². The first-order valence-corrected chi connectivity index (χ1v) is 15.4. The van der Waals surface area contributed by atoms with Gasteiger partial charge in [-0.15, -0.1) is 0 Å². The van der Waals surface area contributed by atoms with Gasteiger partial charge in [-0.1, -0.05) is 97.6 Å². The molecule has 1 aromatic heterocycles. The maximum atomic E-state index is 11.5. The van der Waals surface area contributed by atoms with E-state index in [1.54, 1.807) is 6.08 Å². The third-order valence-corrected chi connectivity index (χ3v) is 8.99. The number of aliphatic hydroxyl groups is 3. The number of hydrogen-bond donors (Lipinski definition) is 6. The van der Waals surface area contributed by atoms with Gasteiger partial charge in [-0.3, -0.25) is 0 Å². The Kier molecular flexibility index (Phi) is 7.54. The van der Waals surface area contributed by atoms with Gasteiger partial charge in [0.2, 0.25) is 0 Å². The lowest BCUT2D eigenvalue weighted by Crippen LogP contribution is -2.01. The van der Waals surface area contributed by atoms with Crippen molar-refractivity contribution < 1.29 is 35.1 Å². The second-order valence-corrected chi connectivity index (χ2v) is 11.7. The summed E-state index contributed by atoms with van der Waals surface area (Å²) in [4.78, 5) is 0. The zero-order chi connectivity index (χ0) is 33.7. The molecule has 0 radical (unpaired) electrons. The lowest BCUT2D eigenvalue weighted by molar-refractivity contribution is 0.272. The number of rotatable bonds is 7. The van der Waals surface area contributed by atoms with Gasteiger partial charge < -0.3 is 35.1 Å². The van der Waals surface area contributed by atoms with Gasteiger partial charge >= 0.3 is 0 Å². The van der Waals surface area contributed by atoms with E-state index in [0.29, 0.717) is 28.5 Å². The highest BCUT2D eigenvalue weighted by atomic mass is 16.3. The van der Waals surface area contributed by atoms with Gasteiger partial charge in [0, 0.05) is 22.1 Å². The average Bonchev–Trinajstić information content (AvgIpc) is 3.48. The molecule has 0 unspecified atom stereocenters. The molecule has 0 aliphatic carbocycles. The largest absolute Gasteiger partial charge is 0.509 e. The molecule has 7 nitrogen and oxygen atoms in total. The highest BCUT2D eigenvalue weighted by Crippen LogP contribution is 2.53. The van der Waals surface area contributed by atoms with Gasteiger partial charge in [-0.2, -0.15) is 0 Å². The van der Waals surface area contributed by atoms with E-state index in [1.807, 2.05) is 72.8 Å². The third-order valence-electron chi connectivity index (χ3n) is 8.99. The first-order chi connectivity index (χ1) is 23.3. The van der Waals surface area contributed by atoms with Crippen LogP contribution in [0.5, 0.6) is 17.2 Å². The number of benzene rings is 6. The van der Waals surface area contributed by atoms with E-state index < -0.39 is 40.9 Å². The molecule has 7 rings (SSSR count). The molecule has 0 saturated carbocycles. The number of allylic oxidation sites excluding steroid dienone is 2. The molecule has 7 aromatic rings. The average molecular weight is 637 g/mol. The maximum absolute atomic E-state index is 11.5. The summed E-state index contributed by atoms with van der Waals surface area (Å²) in [7, 11) is 0. The van der Waals surface area contributed by atoms with Crippen LogP contribution in [0.2, 0.25) is 0 Å². The molecule has 0 bridgehead atoms. The van der Waals surface area contributed by atoms with Crippen LogP contribution in [-0.2, 0) is 13.0 Å². The van der Waals surface area contributed by atoms with E-state index >= 15 is 0 Å². The van der Waals surface area contributed by atoms with Crippen molar-refractivity contribution in [2.24, 2.45) is 0 Å². The number of phenolic OH excluding ortho intramolecular Hbond substituents is 2. The normalized spacial score (nSPS) is 12.5. The summed E-state index contributed by atoms with van der Waals surface area (Å²) in [5.74, 6) is -2.68. The van der Waals surface area contributed by atoms with E-state index in [0.717, 1.165) is 43.6 Å². The maximum Gasteiger partial charge on any atom is 0.170 e. The van der Waals surface area contributed by atoms with Crippen LogP contribution >= 0.6 is 0 Å². The zero-order valence-electron chi connectivity index (χ0n) is 26.0. The molecular weight excluding hydrogens is 604 g/mol. The molecule has 48 heavy (non-hydrogen) atoms. The predicted octanol–water partition coefficient (Wildman–Crippen LogP) is 9.87. The topological polar surface area (TPSA) is 135 Å². The number of aliphatic hydroxyl groups excluding tert-OH is 3. The fourth-order valence-corrected chi connectivity index (χ4v) is 6.82. The van der Waals surface area contributed by atoms with Crippen LogP contribution < -0.4 is 0 Å². The molecule has 238 valence electrons. The van der Waals surface area contributed by atoms with Crippen molar-refractivity contribution in [3.63, 3.8) is 0 Å². The Labute approximate surface area is 275 Å². The Hall–Kier alpha value is -6.18. The fraction of sp³-hybridized carbons (Fsp3) is 0.0732. The van der Waals surface area contributed by atoms with Crippen LogP contribution in [0.3, 0.4) is 0 Å². The van der Waals surface area contributed by atoms with Gasteiger partial charge in [0.25, 0.3) is 0 Å². The smallest absolute Gasteiger partial charge is 0.170 e. The lowest BCUT2D eigenvalue weighted by atomic mass is 9.85. The van der Waals surface area contributed by atoms with E-state index in [9.17, 15) is 30.6 Å². The van der Waals surface area contributed by atoms with Crippen molar-refractivity contribution >= 4 is 61.2 Å². The van der Waals surface area contributed by atoms with Crippen molar-refractivity contribution in [2.45, 2.75) is 20.0 Å². The van der Waals surface area contributed by atoms with Crippen molar-refractivity contribution in [3.05, 3.63) is 131 Å². The van der Waals surface area contributed by atoms with E-state index in [4.69, 9.17) is 4.42 Å². The van der Waals surface area contributed by atoms with Crippen molar-refractivity contribution in [1.29, 1.82) is 0 Å². The van der Waals surface area contributed by atoms with Gasteiger partial charge in [0.05, 0.1) is 17.7 Å². The Bertz CT molecular complexity index is 2440. The molecule has 0 saturated heterocycles. The first-order valence-electron chi connectivity index (χ1n) is 15.4. The molecule has 0 atom stereocenters. The molecule has 0 spiro atoms. The van der Waals surface area contributed by atoms with Crippen LogP contribution in [0.4, 0.5) is 0 Å². The van der Waals surface area contributed by atoms with Crippen molar-refractivity contribution in [1.82, 2.24) is 0 Å². The molecule has 0 amide bonds. The minimum Gasteiger partial charge on any atom is -0.509 e. The van der Waals surface area contributed by atoms with E-state index in [-0.39, 0.29) is 11.1 Å². The van der Waals surface area contributed by atoms with Crippen LogP contribution in [0.1, 0.15) is 34.9 Å². The SMILES string of the molecule is C=Cc1oc2ccc3ccccc3c2c1/C=C\Cc1c2ccccc2c(-c2c(O)c(O)c(/C(O)=C(\C)O)c(CO)c2O)c2ccccc12. The minimum atomic E-state index is -0.789. The lowest BCUT2D eigenvalue weighted by Gasteiger charge is -2.21. The molecule has 0 aliphatic heterocycles. The minimum absolute atomic E-state index is 0.106. The second-order valence-electron chi connectivity index (χ2n) is 11.7. The van der Waals surface area contributed by atoms with Crippen LogP contribution in [-0.4, -0.2) is 30.6 Å². The van der Waals surface area contributed by atoms with Crippen molar-refractivity contribution in [2.75, 3.05) is 0 Å². The first kappa shape index (κ1) is 30.5. The van der Waals surface area contributed by atoms with Crippen LogP contribution in [0.15, 0.2) is 108 Å². The summed E-state index contributed by atoms with van der Waals surface area (Å²) in [6.45, 7) is 4.37. The fourth-order valence-electron chi connectivity index (χ4n) is 6.82. The molecule has 1 heterocycles. The molecule has 7 heteroatoms. The van der Waals surface area contributed by atoms with Gasteiger partial charge in [0.15, 0.2) is 17.3 Å². The van der Waals surface area contributed by atoms with Gasteiger partial charge in [0.1, 0.15) is 22.9 Å². The second kappa shape index (κ2) is 11.9. The van der Waals surface area contributed by atoms with Crippen LogP contribution in [0, 0.1) is 0 Å².